The Kier molecular flexibility index (Phi) is 2.55. The van der Waals surface area contributed by atoms with Crippen LogP contribution in [0, 0.1) is 5.92 Å². The van der Waals surface area contributed by atoms with Crippen LogP contribution in [0.4, 0.5) is 10.6 Å². The molecule has 0 aromatic carbocycles. The van der Waals surface area contributed by atoms with Gasteiger partial charge in [0, 0.05) is 19.7 Å². The molecular formula is C11H15ClN4O. The predicted molar refractivity (Wildman–Crippen MR) is 66.2 cm³/mol. The molecule has 1 aliphatic heterocycles. The van der Waals surface area contributed by atoms with Gasteiger partial charge in [-0.2, -0.15) is 0 Å². The number of carbonyl (C=O) groups excluding carboxylic acids is 1. The number of halogens is 1. The normalized spacial score (nSPS) is 25.2. The Bertz CT molecular complexity index is 511. The van der Waals surface area contributed by atoms with Crippen molar-refractivity contribution in [1.82, 2.24) is 14.9 Å². The molecule has 2 heterocycles. The first-order chi connectivity index (χ1) is 8.76. The van der Waals surface area contributed by atoms with Crippen molar-refractivity contribution in [3.8, 4) is 0 Å². The largest absolute Gasteiger partial charge is 0.325 e. The average molecular weight is 257 g/mol. The zero-order valence-electron chi connectivity index (χ0n) is 11.9. The fraction of sp³-hybridized carbons (Fsp3) is 0.545. The molecule has 1 aromatic heterocycles. The van der Waals surface area contributed by atoms with E-state index in [0.717, 1.165) is 4.90 Å². The summed E-state index contributed by atoms with van der Waals surface area (Å²) in [5, 5.41) is 0.0305. The van der Waals surface area contributed by atoms with Crippen molar-refractivity contribution in [3.05, 3.63) is 17.5 Å². The van der Waals surface area contributed by atoms with Crippen LogP contribution >= 0.6 is 11.6 Å². The third-order valence-corrected chi connectivity index (χ3v) is 2.77. The van der Waals surface area contributed by atoms with Crippen LogP contribution in [0.5, 0.6) is 0 Å². The van der Waals surface area contributed by atoms with Crippen LogP contribution in [0.2, 0.25) is 5.28 Å². The summed E-state index contributed by atoms with van der Waals surface area (Å²) in [6.07, 6.45) is 1.45. The van der Waals surface area contributed by atoms with E-state index in [4.69, 9.17) is 14.3 Å². The van der Waals surface area contributed by atoms with E-state index in [-0.39, 0.29) is 11.2 Å². The van der Waals surface area contributed by atoms with Gasteiger partial charge in [0.1, 0.15) is 5.82 Å². The van der Waals surface area contributed by atoms with E-state index in [2.05, 4.69) is 9.97 Å². The number of aromatic nitrogens is 2. The lowest BCUT2D eigenvalue weighted by atomic mass is 10.0. The summed E-state index contributed by atoms with van der Waals surface area (Å²) in [6.45, 7) is 1.97. The number of urea groups is 1. The monoisotopic (exact) mass is 256 g/mol. The van der Waals surface area contributed by atoms with Crippen LogP contribution in [0.3, 0.4) is 0 Å². The van der Waals surface area contributed by atoms with Gasteiger partial charge in [0.05, 0.1) is 8.78 Å². The zero-order valence-corrected chi connectivity index (χ0v) is 10.6. The summed E-state index contributed by atoms with van der Waals surface area (Å²) >= 11 is 5.74. The van der Waals surface area contributed by atoms with Gasteiger partial charge in [-0.3, -0.25) is 4.90 Å². The molecule has 0 aliphatic carbocycles. The van der Waals surface area contributed by atoms with Gasteiger partial charge in [0.2, 0.25) is 5.28 Å². The summed E-state index contributed by atoms with van der Waals surface area (Å²) in [6, 6.07) is 0.489. The fourth-order valence-corrected chi connectivity index (χ4v) is 1.88. The lowest BCUT2D eigenvalue weighted by Gasteiger charge is -2.24. The molecule has 1 aromatic rings. The highest BCUT2D eigenvalue weighted by Gasteiger charge is 2.38. The summed E-state index contributed by atoms with van der Waals surface area (Å²) < 4.78 is 16.2. The van der Waals surface area contributed by atoms with Gasteiger partial charge in [0.15, 0.2) is 0 Å². The molecule has 0 saturated carbocycles. The molecule has 1 fully saturated rings. The van der Waals surface area contributed by atoms with Gasteiger partial charge >= 0.3 is 6.03 Å². The first kappa shape index (κ1) is 9.65. The minimum Gasteiger partial charge on any atom is -0.325 e. The van der Waals surface area contributed by atoms with Crippen molar-refractivity contribution >= 4 is 23.4 Å². The highest BCUT2D eigenvalue weighted by atomic mass is 35.5. The van der Waals surface area contributed by atoms with Gasteiger partial charge in [-0.15, -0.1) is 0 Å². The minimum atomic E-state index is -1.76. The zero-order chi connectivity index (χ0) is 14.4. The van der Waals surface area contributed by atoms with E-state index in [9.17, 15) is 4.79 Å². The van der Waals surface area contributed by atoms with Gasteiger partial charge in [-0.1, -0.05) is 13.8 Å². The molecule has 1 saturated heterocycles. The second-order valence-corrected chi connectivity index (χ2v) is 4.55. The van der Waals surface area contributed by atoms with Crippen LogP contribution < -0.4 is 4.90 Å². The van der Waals surface area contributed by atoms with E-state index < -0.39 is 18.6 Å². The van der Waals surface area contributed by atoms with E-state index in [1.165, 1.54) is 18.1 Å². The molecular weight excluding hydrogens is 240 g/mol. The third-order valence-electron chi connectivity index (χ3n) is 2.59. The lowest BCUT2D eigenvalue weighted by molar-refractivity contribution is 0.229. The predicted octanol–water partition coefficient (Wildman–Crippen LogP) is 2.03. The molecule has 17 heavy (non-hydrogen) atoms. The molecule has 2 amide bonds. The van der Waals surface area contributed by atoms with Crippen LogP contribution in [0.15, 0.2) is 12.3 Å². The van der Waals surface area contributed by atoms with Crippen molar-refractivity contribution in [2.24, 2.45) is 5.92 Å². The Hall–Kier alpha value is -1.36. The topological polar surface area (TPSA) is 49.3 Å². The lowest BCUT2D eigenvalue weighted by Crippen LogP contribution is -2.38. The van der Waals surface area contributed by atoms with Crippen LogP contribution in [0.1, 0.15) is 16.6 Å². The molecule has 0 unspecified atom stereocenters. The SMILES string of the molecule is [2H]C1([2H])[C@H](C(C)C)N(c2ccnc(Cl)n2)C(=O)N1C. The molecule has 1 atom stereocenters. The first-order valence-electron chi connectivity index (χ1n) is 6.32. The molecule has 5 nitrogen and oxygen atoms in total. The first-order valence-corrected chi connectivity index (χ1v) is 5.70. The molecule has 0 N–H and O–H groups in total. The quantitative estimate of drug-likeness (QED) is 0.761. The molecule has 2 rings (SSSR count). The standard InChI is InChI=1S/C11H15ClN4O/c1-7(2)8-6-15(3)11(17)16(8)9-4-5-13-10(12)14-9/h4-5,7-8H,6H2,1-3H3/t8-/m1/s1/i6D2. The van der Waals surface area contributed by atoms with Crippen molar-refractivity contribution in [2.45, 2.75) is 19.9 Å². The number of nitrogens with zero attached hydrogens (tertiary/aromatic N) is 4. The summed E-state index contributed by atoms with van der Waals surface area (Å²) in [7, 11) is 1.44. The summed E-state index contributed by atoms with van der Waals surface area (Å²) in [4.78, 5) is 22.5. The maximum atomic E-state index is 12.3. The summed E-state index contributed by atoms with van der Waals surface area (Å²) in [5.74, 6) is 0.245. The van der Waals surface area contributed by atoms with Crippen LogP contribution in [0.25, 0.3) is 0 Å². The maximum Gasteiger partial charge on any atom is 0.325 e. The highest BCUT2D eigenvalue weighted by Crippen LogP contribution is 2.26. The Morgan fingerprint density at radius 3 is 2.94 bits per heavy atom. The second-order valence-electron chi connectivity index (χ2n) is 4.21. The Balaban J connectivity index is 2.51. The molecule has 0 spiro atoms. The number of amides is 2. The Labute approximate surface area is 108 Å². The smallest absolute Gasteiger partial charge is 0.325 e. The highest BCUT2D eigenvalue weighted by molar-refractivity contribution is 6.28. The van der Waals surface area contributed by atoms with Gasteiger partial charge in [-0.05, 0) is 23.6 Å². The van der Waals surface area contributed by atoms with Crippen molar-refractivity contribution < 1.29 is 7.54 Å². The van der Waals surface area contributed by atoms with Gasteiger partial charge in [-0.25, -0.2) is 14.8 Å². The molecule has 0 bridgehead atoms. The number of hydrogen-bond acceptors (Lipinski definition) is 3. The van der Waals surface area contributed by atoms with Crippen LogP contribution in [-0.4, -0.2) is 40.5 Å². The molecule has 1 aliphatic rings. The van der Waals surface area contributed by atoms with E-state index >= 15 is 0 Å². The minimum absolute atomic E-state index is 0.0305. The number of rotatable bonds is 2. The molecule has 92 valence electrons. The van der Waals surface area contributed by atoms with Crippen LogP contribution in [-0.2, 0) is 0 Å². The van der Waals surface area contributed by atoms with Crippen molar-refractivity contribution in [1.29, 1.82) is 0 Å². The average Bonchev–Trinajstić information content (AvgIpc) is 2.49. The molecule has 0 radical (unpaired) electrons. The second kappa shape index (κ2) is 4.49. The van der Waals surface area contributed by atoms with Crippen molar-refractivity contribution in [3.63, 3.8) is 0 Å². The number of anilines is 1. The number of likely N-dealkylation sites (N-methyl/N-ethyl adjacent to an activating group) is 1. The number of hydrogen-bond donors (Lipinski definition) is 0. The Morgan fingerprint density at radius 2 is 2.35 bits per heavy atom. The van der Waals surface area contributed by atoms with Gasteiger partial charge < -0.3 is 4.90 Å². The van der Waals surface area contributed by atoms with E-state index in [1.54, 1.807) is 6.07 Å². The Morgan fingerprint density at radius 1 is 1.65 bits per heavy atom. The van der Waals surface area contributed by atoms with Crippen molar-refractivity contribution in [2.75, 3.05) is 18.4 Å². The fourth-order valence-electron chi connectivity index (χ4n) is 1.74. The molecule has 6 heteroatoms. The van der Waals surface area contributed by atoms with Gasteiger partial charge in [0.25, 0.3) is 0 Å². The number of carbonyl (C=O) groups is 1. The summed E-state index contributed by atoms with van der Waals surface area (Å²) in [5.41, 5.74) is 0. The third kappa shape index (κ3) is 2.20. The maximum absolute atomic E-state index is 12.3. The van der Waals surface area contributed by atoms with E-state index in [1.807, 2.05) is 13.8 Å². The van der Waals surface area contributed by atoms with E-state index in [0.29, 0.717) is 5.82 Å².